The van der Waals surface area contributed by atoms with E-state index in [2.05, 4.69) is 34.6 Å². The van der Waals surface area contributed by atoms with Gasteiger partial charge in [0.2, 0.25) is 0 Å². The third-order valence-corrected chi connectivity index (χ3v) is 6.75. The van der Waals surface area contributed by atoms with E-state index in [1.165, 1.54) is 17.6 Å². The number of ether oxygens (including phenoxy) is 1. The first-order valence-corrected chi connectivity index (χ1v) is 11.4. The second kappa shape index (κ2) is 9.76. The number of H-pyrrole nitrogens is 1. The Morgan fingerprint density at radius 1 is 1.19 bits per heavy atom. The quantitative estimate of drug-likeness (QED) is 0.499. The van der Waals surface area contributed by atoms with Crippen molar-refractivity contribution < 1.29 is 19.2 Å². The summed E-state index contributed by atoms with van der Waals surface area (Å²) in [5.41, 5.74) is 2.73. The molecule has 0 bridgehead atoms. The smallest absolute Gasteiger partial charge is 0.356 e. The van der Waals surface area contributed by atoms with Gasteiger partial charge in [-0.15, -0.1) is 0 Å². The number of rotatable bonds is 6. The van der Waals surface area contributed by atoms with Crippen LogP contribution in [0, 0.1) is 5.92 Å². The van der Waals surface area contributed by atoms with Crippen molar-refractivity contribution in [3.63, 3.8) is 0 Å². The molecule has 1 amide bonds. The zero-order chi connectivity index (χ0) is 22.7. The standard InChI is InChI=1S/C25H28ClN3O3/c1-16(29-12-10-18(11-13-29)14-17-6-4-3-5-7-17)24(30)28-22-20-15-19(26)8-9-21(20)27-23(22)25(31)32-2/h3-9,15-16,18,27H,10-14H2,1-2H3,(H,28,30)/p+1/t16-/m1/s1. The van der Waals surface area contributed by atoms with Crippen molar-refractivity contribution in [2.75, 3.05) is 25.5 Å². The van der Waals surface area contributed by atoms with Crippen LogP contribution >= 0.6 is 11.6 Å². The Hall–Kier alpha value is -2.83. The maximum Gasteiger partial charge on any atom is 0.356 e. The Morgan fingerprint density at radius 3 is 2.59 bits per heavy atom. The lowest BCUT2D eigenvalue weighted by Crippen LogP contribution is -3.17. The zero-order valence-corrected chi connectivity index (χ0v) is 19.2. The molecule has 1 aliphatic heterocycles. The number of carbonyl (C=O) groups excluding carboxylic acids is 2. The van der Waals surface area contributed by atoms with E-state index in [0.717, 1.165) is 32.4 Å². The van der Waals surface area contributed by atoms with Gasteiger partial charge in [0.15, 0.2) is 6.04 Å². The summed E-state index contributed by atoms with van der Waals surface area (Å²) < 4.78 is 4.90. The summed E-state index contributed by atoms with van der Waals surface area (Å²) in [4.78, 5) is 29.7. The largest absolute Gasteiger partial charge is 0.464 e. The number of esters is 1. The number of hydrogen-bond donors (Lipinski definition) is 3. The average Bonchev–Trinajstić information content (AvgIpc) is 3.16. The normalized spacial score (nSPS) is 19.5. The summed E-state index contributed by atoms with van der Waals surface area (Å²) >= 11 is 6.16. The van der Waals surface area contributed by atoms with Crippen LogP contribution in [-0.4, -0.2) is 43.1 Å². The van der Waals surface area contributed by atoms with Gasteiger partial charge in [-0.2, -0.15) is 0 Å². The summed E-state index contributed by atoms with van der Waals surface area (Å²) in [7, 11) is 1.32. The fourth-order valence-electron chi connectivity index (χ4n) is 4.60. The molecule has 0 aliphatic carbocycles. The maximum absolute atomic E-state index is 13.1. The van der Waals surface area contributed by atoms with Crippen LogP contribution < -0.4 is 10.2 Å². The molecule has 1 aliphatic rings. The molecule has 1 aromatic heterocycles. The first-order chi connectivity index (χ1) is 15.5. The van der Waals surface area contributed by atoms with Crippen molar-refractivity contribution in [3.8, 4) is 0 Å². The maximum atomic E-state index is 13.1. The highest BCUT2D eigenvalue weighted by Gasteiger charge is 2.31. The molecular formula is C25H29ClN3O3+. The molecule has 0 saturated carbocycles. The van der Waals surface area contributed by atoms with Gasteiger partial charge in [0.1, 0.15) is 5.69 Å². The zero-order valence-electron chi connectivity index (χ0n) is 18.4. The second-order valence-electron chi connectivity index (χ2n) is 8.56. The van der Waals surface area contributed by atoms with Crippen LogP contribution in [0.5, 0.6) is 0 Å². The molecule has 6 nitrogen and oxygen atoms in total. The number of carbonyl (C=O) groups is 2. The van der Waals surface area contributed by atoms with E-state index in [1.807, 2.05) is 13.0 Å². The van der Waals surface area contributed by atoms with Crippen LogP contribution in [0.2, 0.25) is 5.02 Å². The third kappa shape index (κ3) is 4.81. The monoisotopic (exact) mass is 454 g/mol. The lowest BCUT2D eigenvalue weighted by Gasteiger charge is -2.32. The van der Waals surface area contributed by atoms with E-state index in [4.69, 9.17) is 16.3 Å². The Kier molecular flexibility index (Phi) is 6.82. The first-order valence-electron chi connectivity index (χ1n) is 11.0. The van der Waals surface area contributed by atoms with Gasteiger partial charge in [-0.1, -0.05) is 41.9 Å². The number of halogens is 1. The number of hydrogen-bond acceptors (Lipinski definition) is 3. The van der Waals surface area contributed by atoms with E-state index < -0.39 is 5.97 Å². The number of benzene rings is 2. The van der Waals surface area contributed by atoms with E-state index >= 15 is 0 Å². The Bertz CT molecular complexity index is 1100. The van der Waals surface area contributed by atoms with Crippen LogP contribution in [-0.2, 0) is 16.0 Å². The highest BCUT2D eigenvalue weighted by atomic mass is 35.5. The fraction of sp³-hybridized carbons (Fsp3) is 0.360. The molecule has 3 aromatic rings. The number of methoxy groups -OCH3 is 1. The van der Waals surface area contributed by atoms with Gasteiger partial charge >= 0.3 is 5.97 Å². The third-order valence-electron chi connectivity index (χ3n) is 6.52. The average molecular weight is 455 g/mol. The van der Waals surface area contributed by atoms with Crippen molar-refractivity contribution in [1.82, 2.24) is 4.98 Å². The van der Waals surface area contributed by atoms with Gasteiger partial charge in [-0.25, -0.2) is 4.79 Å². The lowest BCUT2D eigenvalue weighted by molar-refractivity contribution is -0.919. The number of nitrogens with one attached hydrogen (secondary N) is 3. The number of anilines is 1. The summed E-state index contributed by atoms with van der Waals surface area (Å²) in [5.74, 6) is -0.0000146. The second-order valence-corrected chi connectivity index (χ2v) is 9.00. The number of aromatic amines is 1. The Morgan fingerprint density at radius 2 is 1.91 bits per heavy atom. The molecule has 168 valence electrons. The van der Waals surface area contributed by atoms with E-state index in [9.17, 15) is 9.59 Å². The summed E-state index contributed by atoms with van der Waals surface area (Å²) in [6.07, 6.45) is 3.28. The topological polar surface area (TPSA) is 75.6 Å². The molecule has 0 unspecified atom stereocenters. The number of aromatic nitrogens is 1. The van der Waals surface area contributed by atoms with Crippen molar-refractivity contribution in [3.05, 3.63) is 64.8 Å². The molecule has 4 rings (SSSR count). The van der Waals surface area contributed by atoms with Crippen LogP contribution in [0.4, 0.5) is 5.69 Å². The van der Waals surface area contributed by atoms with Crippen LogP contribution in [0.1, 0.15) is 35.8 Å². The predicted octanol–water partition coefficient (Wildman–Crippen LogP) is 3.47. The summed E-state index contributed by atoms with van der Waals surface area (Å²) in [5, 5.41) is 4.19. The highest BCUT2D eigenvalue weighted by Crippen LogP contribution is 2.30. The Labute approximate surface area is 192 Å². The predicted molar refractivity (Wildman–Crippen MR) is 126 cm³/mol. The molecule has 0 spiro atoms. The van der Waals surface area contributed by atoms with Gasteiger partial charge in [0, 0.05) is 15.9 Å². The van der Waals surface area contributed by atoms with Crippen LogP contribution in [0.3, 0.4) is 0 Å². The summed E-state index contributed by atoms with van der Waals surface area (Å²) in [6, 6.07) is 15.6. The van der Waals surface area contributed by atoms with Gasteiger partial charge in [0.25, 0.3) is 5.91 Å². The molecule has 2 heterocycles. The fourth-order valence-corrected chi connectivity index (χ4v) is 4.77. The van der Waals surface area contributed by atoms with Gasteiger partial charge in [0.05, 0.1) is 25.9 Å². The molecule has 2 aromatic carbocycles. The van der Waals surface area contributed by atoms with Gasteiger partial charge < -0.3 is 19.9 Å². The lowest BCUT2D eigenvalue weighted by atomic mass is 9.89. The number of quaternary nitrogens is 1. The number of fused-ring (bicyclic) bond motifs is 1. The van der Waals surface area contributed by atoms with Crippen LogP contribution in [0.25, 0.3) is 10.9 Å². The SMILES string of the molecule is COC(=O)c1[nH]c2ccc(Cl)cc2c1NC(=O)[C@@H](C)[NH+]1CCC(Cc2ccccc2)CC1. The minimum atomic E-state index is -0.533. The molecule has 7 heteroatoms. The first kappa shape index (κ1) is 22.4. The molecule has 1 saturated heterocycles. The van der Waals surface area contributed by atoms with Crippen molar-refractivity contribution >= 4 is 40.1 Å². The van der Waals surface area contributed by atoms with Crippen LogP contribution in [0.15, 0.2) is 48.5 Å². The molecule has 1 atom stereocenters. The minimum absolute atomic E-state index is 0.118. The molecule has 3 N–H and O–H groups in total. The van der Waals surface area contributed by atoms with Crippen molar-refractivity contribution in [2.45, 2.75) is 32.2 Å². The van der Waals surface area contributed by atoms with Gasteiger partial charge in [-0.05, 0) is 55.9 Å². The molecule has 0 radical (unpaired) electrons. The Balaban J connectivity index is 1.43. The minimum Gasteiger partial charge on any atom is -0.464 e. The number of likely N-dealkylation sites (tertiary alicyclic amines) is 1. The molecular weight excluding hydrogens is 426 g/mol. The highest BCUT2D eigenvalue weighted by molar-refractivity contribution is 6.31. The number of piperidine rings is 1. The number of amides is 1. The van der Waals surface area contributed by atoms with E-state index in [0.29, 0.717) is 27.5 Å². The molecule has 32 heavy (non-hydrogen) atoms. The molecule has 1 fully saturated rings. The van der Waals surface area contributed by atoms with Crippen molar-refractivity contribution in [2.24, 2.45) is 5.92 Å². The van der Waals surface area contributed by atoms with E-state index in [-0.39, 0.29) is 17.6 Å². The van der Waals surface area contributed by atoms with Gasteiger partial charge in [-0.3, -0.25) is 4.79 Å². The van der Waals surface area contributed by atoms with Crippen molar-refractivity contribution in [1.29, 1.82) is 0 Å². The summed E-state index contributed by atoms with van der Waals surface area (Å²) in [6.45, 7) is 3.85. The van der Waals surface area contributed by atoms with E-state index in [1.54, 1.807) is 18.2 Å².